The molecule has 0 N–H and O–H groups in total. The lowest BCUT2D eigenvalue weighted by Gasteiger charge is -2.15. The van der Waals surface area contributed by atoms with Crippen LogP contribution < -0.4 is 0 Å². The third-order valence-electron chi connectivity index (χ3n) is 2.56. The molecule has 0 amide bonds. The third-order valence-corrected chi connectivity index (χ3v) is 2.88. The molecule has 0 saturated heterocycles. The fraction of sp³-hybridized carbons (Fsp3) is 0.538. The van der Waals surface area contributed by atoms with Gasteiger partial charge in [-0.1, -0.05) is 29.8 Å². The molecule has 0 unspecified atom stereocenters. The van der Waals surface area contributed by atoms with E-state index in [1.807, 2.05) is 0 Å². The molecule has 15 heavy (non-hydrogen) atoms. The second-order valence-corrected chi connectivity index (χ2v) is 4.57. The van der Waals surface area contributed by atoms with Crippen molar-refractivity contribution in [2.75, 3.05) is 25.9 Å². The van der Waals surface area contributed by atoms with Crippen LogP contribution in [-0.4, -0.2) is 30.8 Å². The lowest BCUT2D eigenvalue weighted by atomic mass is 10.1. The van der Waals surface area contributed by atoms with Gasteiger partial charge in [0.25, 0.3) is 0 Å². The first-order chi connectivity index (χ1) is 7.22. The van der Waals surface area contributed by atoms with Gasteiger partial charge < -0.3 is 4.90 Å². The van der Waals surface area contributed by atoms with Crippen molar-refractivity contribution in [1.82, 2.24) is 4.90 Å². The zero-order chi connectivity index (χ0) is 11.1. The standard InChI is InChI=1S/C13H21NS/c1-12-5-3-6-13(11-12)7-9-14(2)8-4-10-15/h3,5-6,11,15H,4,7-10H2,1-2H3. The van der Waals surface area contributed by atoms with E-state index in [0.29, 0.717) is 0 Å². The fourth-order valence-corrected chi connectivity index (χ4v) is 1.78. The van der Waals surface area contributed by atoms with Crippen LogP contribution in [0.15, 0.2) is 24.3 Å². The smallest absolute Gasteiger partial charge is 0.00188 e. The topological polar surface area (TPSA) is 3.24 Å². The van der Waals surface area contributed by atoms with Crippen molar-refractivity contribution >= 4 is 12.6 Å². The molecular formula is C13H21NS. The first kappa shape index (κ1) is 12.6. The predicted molar refractivity (Wildman–Crippen MR) is 70.9 cm³/mol. The molecule has 0 saturated carbocycles. The molecular weight excluding hydrogens is 202 g/mol. The van der Waals surface area contributed by atoms with E-state index in [1.54, 1.807) is 0 Å². The molecule has 0 aromatic heterocycles. The van der Waals surface area contributed by atoms with Crippen molar-refractivity contribution in [3.63, 3.8) is 0 Å². The van der Waals surface area contributed by atoms with Crippen molar-refractivity contribution in [1.29, 1.82) is 0 Å². The van der Waals surface area contributed by atoms with E-state index in [9.17, 15) is 0 Å². The summed E-state index contributed by atoms with van der Waals surface area (Å²) in [6, 6.07) is 8.76. The third kappa shape index (κ3) is 5.24. The average Bonchev–Trinajstić information content (AvgIpc) is 2.23. The molecule has 0 aliphatic rings. The highest BCUT2D eigenvalue weighted by Crippen LogP contribution is 2.05. The van der Waals surface area contributed by atoms with Gasteiger partial charge in [0.15, 0.2) is 0 Å². The molecule has 0 atom stereocenters. The molecule has 0 fully saturated rings. The highest BCUT2D eigenvalue weighted by Gasteiger charge is 1.98. The van der Waals surface area contributed by atoms with E-state index in [2.05, 4.69) is 55.8 Å². The van der Waals surface area contributed by atoms with E-state index < -0.39 is 0 Å². The number of aryl methyl sites for hydroxylation is 1. The summed E-state index contributed by atoms with van der Waals surface area (Å²) in [5.41, 5.74) is 2.79. The van der Waals surface area contributed by atoms with Crippen LogP contribution in [0, 0.1) is 6.92 Å². The number of rotatable bonds is 6. The molecule has 0 bridgehead atoms. The normalized spacial score (nSPS) is 10.9. The highest BCUT2D eigenvalue weighted by atomic mass is 32.1. The molecule has 0 radical (unpaired) electrons. The Kier molecular flexibility index (Phi) is 5.81. The monoisotopic (exact) mass is 223 g/mol. The lowest BCUT2D eigenvalue weighted by Crippen LogP contribution is -2.22. The summed E-state index contributed by atoms with van der Waals surface area (Å²) < 4.78 is 0. The van der Waals surface area contributed by atoms with E-state index in [4.69, 9.17) is 0 Å². The SMILES string of the molecule is Cc1cccc(CCN(C)CCCS)c1. The zero-order valence-electron chi connectivity index (χ0n) is 9.74. The Labute approximate surface area is 98.9 Å². The largest absolute Gasteiger partial charge is 0.306 e. The first-order valence-electron chi connectivity index (χ1n) is 5.57. The Bertz CT molecular complexity index is 286. The molecule has 84 valence electrons. The molecule has 1 aromatic rings. The summed E-state index contributed by atoms with van der Waals surface area (Å²) in [5.74, 6) is 0.981. The first-order valence-corrected chi connectivity index (χ1v) is 6.20. The molecule has 1 rings (SSSR count). The van der Waals surface area contributed by atoms with Gasteiger partial charge >= 0.3 is 0 Å². The molecule has 0 heterocycles. The number of nitrogens with zero attached hydrogens (tertiary/aromatic N) is 1. The molecule has 0 spiro atoms. The van der Waals surface area contributed by atoms with Crippen LogP contribution in [0.2, 0.25) is 0 Å². The zero-order valence-corrected chi connectivity index (χ0v) is 10.6. The van der Waals surface area contributed by atoms with Crippen molar-refractivity contribution in [3.8, 4) is 0 Å². The maximum Gasteiger partial charge on any atom is 0.00188 e. The van der Waals surface area contributed by atoms with Crippen LogP contribution >= 0.6 is 12.6 Å². The van der Waals surface area contributed by atoms with Gasteiger partial charge in [-0.3, -0.25) is 0 Å². The van der Waals surface area contributed by atoms with Gasteiger partial charge in [-0.05, 0) is 44.7 Å². The molecule has 1 nitrogen and oxygen atoms in total. The van der Waals surface area contributed by atoms with Gasteiger partial charge in [0.1, 0.15) is 0 Å². The summed E-state index contributed by atoms with van der Waals surface area (Å²) in [5, 5.41) is 0. The average molecular weight is 223 g/mol. The van der Waals surface area contributed by atoms with Gasteiger partial charge in [-0.2, -0.15) is 12.6 Å². The van der Waals surface area contributed by atoms with Crippen LogP contribution in [0.1, 0.15) is 17.5 Å². The van der Waals surface area contributed by atoms with Crippen molar-refractivity contribution < 1.29 is 0 Å². The van der Waals surface area contributed by atoms with Crippen molar-refractivity contribution in [2.24, 2.45) is 0 Å². The molecule has 2 heteroatoms. The van der Waals surface area contributed by atoms with E-state index in [1.165, 1.54) is 17.5 Å². The summed E-state index contributed by atoms with van der Waals surface area (Å²) in [6.07, 6.45) is 2.32. The van der Waals surface area contributed by atoms with Crippen LogP contribution in [0.4, 0.5) is 0 Å². The highest BCUT2D eigenvalue weighted by molar-refractivity contribution is 7.80. The van der Waals surface area contributed by atoms with Crippen LogP contribution in [-0.2, 0) is 6.42 Å². The second kappa shape index (κ2) is 6.91. The summed E-state index contributed by atoms with van der Waals surface area (Å²) in [6.45, 7) is 4.43. The Morgan fingerprint density at radius 2 is 2.07 bits per heavy atom. The quantitative estimate of drug-likeness (QED) is 0.726. The van der Waals surface area contributed by atoms with Crippen LogP contribution in [0.5, 0.6) is 0 Å². The van der Waals surface area contributed by atoms with Gasteiger partial charge in [-0.25, -0.2) is 0 Å². The summed E-state index contributed by atoms with van der Waals surface area (Å²) in [4.78, 5) is 2.37. The minimum atomic E-state index is 0.981. The van der Waals surface area contributed by atoms with Gasteiger partial charge in [-0.15, -0.1) is 0 Å². The van der Waals surface area contributed by atoms with E-state index in [-0.39, 0.29) is 0 Å². The number of thiol groups is 1. The van der Waals surface area contributed by atoms with Gasteiger partial charge in [0.2, 0.25) is 0 Å². The summed E-state index contributed by atoms with van der Waals surface area (Å²) >= 11 is 4.22. The Hall–Kier alpha value is -0.470. The maximum absolute atomic E-state index is 4.22. The number of benzene rings is 1. The fourth-order valence-electron chi connectivity index (χ4n) is 1.64. The summed E-state index contributed by atoms with van der Waals surface area (Å²) in [7, 11) is 2.18. The predicted octanol–water partition coefficient (Wildman–Crippen LogP) is 2.79. The lowest BCUT2D eigenvalue weighted by molar-refractivity contribution is 0.340. The second-order valence-electron chi connectivity index (χ2n) is 4.12. The van der Waals surface area contributed by atoms with Crippen LogP contribution in [0.25, 0.3) is 0 Å². The van der Waals surface area contributed by atoms with Crippen molar-refractivity contribution in [3.05, 3.63) is 35.4 Å². The van der Waals surface area contributed by atoms with Crippen molar-refractivity contribution in [2.45, 2.75) is 19.8 Å². The van der Waals surface area contributed by atoms with Crippen LogP contribution in [0.3, 0.4) is 0 Å². The molecule has 0 aliphatic heterocycles. The molecule has 1 aromatic carbocycles. The number of hydrogen-bond donors (Lipinski definition) is 1. The van der Waals surface area contributed by atoms with E-state index >= 15 is 0 Å². The maximum atomic E-state index is 4.22. The Morgan fingerprint density at radius 1 is 1.27 bits per heavy atom. The van der Waals surface area contributed by atoms with Gasteiger partial charge in [0.05, 0.1) is 0 Å². The number of hydrogen-bond acceptors (Lipinski definition) is 2. The Balaban J connectivity index is 2.30. The van der Waals surface area contributed by atoms with E-state index in [0.717, 1.165) is 25.3 Å². The minimum Gasteiger partial charge on any atom is -0.306 e. The molecule has 0 aliphatic carbocycles. The minimum absolute atomic E-state index is 0.981. The van der Waals surface area contributed by atoms with Gasteiger partial charge in [0, 0.05) is 6.54 Å². The Morgan fingerprint density at radius 3 is 2.73 bits per heavy atom. The number of likely N-dealkylation sites (N-methyl/N-ethyl adjacent to an activating group) is 1.